The number of fused-ring (bicyclic) bond motifs is 2. The summed E-state index contributed by atoms with van der Waals surface area (Å²) in [6.07, 6.45) is 0.493. The van der Waals surface area contributed by atoms with Crippen molar-refractivity contribution in [3.63, 3.8) is 0 Å². The summed E-state index contributed by atoms with van der Waals surface area (Å²) in [7, 11) is 3.25. The first kappa shape index (κ1) is 29.4. The van der Waals surface area contributed by atoms with Crippen molar-refractivity contribution in [3.05, 3.63) is 84.1 Å². The molecule has 1 aliphatic heterocycles. The summed E-state index contributed by atoms with van der Waals surface area (Å²) in [6.45, 7) is 0. The predicted octanol–water partition coefficient (Wildman–Crippen LogP) is 7.17. The van der Waals surface area contributed by atoms with Gasteiger partial charge in [0.2, 0.25) is 5.88 Å². The molecule has 2 heterocycles. The van der Waals surface area contributed by atoms with E-state index in [9.17, 15) is 17.6 Å². The van der Waals surface area contributed by atoms with E-state index in [1.54, 1.807) is 25.4 Å². The Balaban J connectivity index is 1.56. The molecule has 3 aromatic rings. The summed E-state index contributed by atoms with van der Waals surface area (Å²) in [5.74, 6) is -0.430. The van der Waals surface area contributed by atoms with Crippen LogP contribution in [0.15, 0.2) is 77.9 Å². The SMILES string of the molecule is COc1ncccc1Nc1cc2nc3cc(F)ccc3n(-c3ccc(OC(F)(F)F)cc3)c-2cc1=NC1CCC(OC)CC1. The van der Waals surface area contributed by atoms with Gasteiger partial charge >= 0.3 is 6.36 Å². The molecule has 3 aliphatic rings. The Labute approximate surface area is 250 Å². The van der Waals surface area contributed by atoms with Crippen LogP contribution < -0.4 is 20.1 Å². The Hall–Kier alpha value is -4.71. The van der Waals surface area contributed by atoms with Gasteiger partial charge in [-0.15, -0.1) is 13.2 Å². The van der Waals surface area contributed by atoms with Crippen LogP contribution >= 0.6 is 0 Å². The van der Waals surface area contributed by atoms with Gasteiger partial charge in [0.1, 0.15) is 17.3 Å². The van der Waals surface area contributed by atoms with Crippen molar-refractivity contribution in [1.82, 2.24) is 14.5 Å². The van der Waals surface area contributed by atoms with Gasteiger partial charge in [-0.25, -0.2) is 14.4 Å². The van der Waals surface area contributed by atoms with Crippen molar-refractivity contribution in [1.29, 1.82) is 0 Å². The van der Waals surface area contributed by atoms with E-state index >= 15 is 0 Å². The molecule has 6 rings (SSSR count). The number of nitrogens with one attached hydrogen (secondary N) is 1. The number of methoxy groups -OCH3 is 2. The molecule has 0 bridgehead atoms. The molecule has 12 heteroatoms. The molecule has 0 saturated heterocycles. The molecule has 0 spiro atoms. The van der Waals surface area contributed by atoms with E-state index in [1.807, 2.05) is 22.8 Å². The van der Waals surface area contributed by atoms with Crippen LogP contribution in [0.3, 0.4) is 0 Å². The second kappa shape index (κ2) is 12.1. The highest BCUT2D eigenvalue weighted by atomic mass is 19.4. The van der Waals surface area contributed by atoms with E-state index in [-0.39, 0.29) is 17.9 Å². The molecule has 228 valence electrons. The third-order valence-electron chi connectivity index (χ3n) is 7.61. The highest BCUT2D eigenvalue weighted by Gasteiger charge is 2.31. The normalized spacial score (nSPS) is 17.6. The largest absolute Gasteiger partial charge is 0.573 e. The van der Waals surface area contributed by atoms with Gasteiger partial charge in [0.25, 0.3) is 0 Å². The van der Waals surface area contributed by atoms with Crippen molar-refractivity contribution in [2.45, 2.75) is 44.2 Å². The topological polar surface area (TPSA) is 82.8 Å². The van der Waals surface area contributed by atoms with Gasteiger partial charge in [0.05, 0.1) is 52.7 Å². The fraction of sp³-hybridized carbons (Fsp3) is 0.281. The van der Waals surface area contributed by atoms with E-state index in [2.05, 4.69) is 15.0 Å². The number of alkyl halides is 3. The van der Waals surface area contributed by atoms with Gasteiger partial charge in [-0.05, 0) is 86.3 Å². The zero-order valence-electron chi connectivity index (χ0n) is 23.9. The first-order chi connectivity index (χ1) is 21.2. The molecule has 1 saturated carbocycles. The number of benzene rings is 3. The lowest BCUT2D eigenvalue weighted by atomic mass is 9.93. The average Bonchev–Trinajstić information content (AvgIpc) is 3.00. The van der Waals surface area contributed by atoms with E-state index in [1.165, 1.54) is 43.5 Å². The van der Waals surface area contributed by atoms with Crippen molar-refractivity contribution < 1.29 is 31.8 Å². The van der Waals surface area contributed by atoms with E-state index in [4.69, 9.17) is 19.5 Å². The van der Waals surface area contributed by atoms with Crippen LogP contribution in [0.5, 0.6) is 11.6 Å². The monoisotopic (exact) mass is 607 g/mol. The van der Waals surface area contributed by atoms with E-state index < -0.39 is 12.2 Å². The molecule has 1 aromatic heterocycles. The molecule has 1 fully saturated rings. The summed E-state index contributed by atoms with van der Waals surface area (Å²) in [6, 6.07) is 17.1. The zero-order valence-corrected chi connectivity index (χ0v) is 23.9. The van der Waals surface area contributed by atoms with Crippen LogP contribution in [0.2, 0.25) is 0 Å². The van der Waals surface area contributed by atoms with Gasteiger partial charge in [-0.2, -0.15) is 0 Å². The standard InChI is InChI=1S/C32H29F4N5O3/c1-42-22-10-6-20(7-11-22)38-26-18-30-28(17-25(26)39-24-4-3-15-37-31(24)43-2)40-27-16-19(33)5-14-29(27)41(30)21-8-12-23(13-9-21)44-32(34,35)36/h3-5,8-9,12-18,20,22,39H,6-7,10-11H2,1-2H3. The van der Waals surface area contributed by atoms with Crippen molar-refractivity contribution >= 4 is 22.4 Å². The molecule has 8 nitrogen and oxygen atoms in total. The summed E-state index contributed by atoms with van der Waals surface area (Å²) in [5, 5.41) is 4.04. The number of nitrogens with zero attached hydrogens (tertiary/aromatic N) is 4. The highest BCUT2D eigenvalue weighted by Crippen LogP contribution is 2.33. The summed E-state index contributed by atoms with van der Waals surface area (Å²) in [5.41, 5.74) is 3.85. The first-order valence-electron chi connectivity index (χ1n) is 14.1. The molecule has 1 N–H and O–H groups in total. The van der Waals surface area contributed by atoms with Crippen molar-refractivity contribution in [3.8, 4) is 28.7 Å². The Kier molecular flexibility index (Phi) is 8.09. The Morgan fingerprint density at radius 2 is 1.70 bits per heavy atom. The lowest BCUT2D eigenvalue weighted by Gasteiger charge is -2.25. The number of pyridine rings is 1. The Bertz CT molecular complexity index is 1820. The summed E-state index contributed by atoms with van der Waals surface area (Å²) < 4.78 is 69.8. The number of aromatic nitrogens is 3. The lowest BCUT2D eigenvalue weighted by Crippen LogP contribution is -2.25. The summed E-state index contributed by atoms with van der Waals surface area (Å²) >= 11 is 0. The highest BCUT2D eigenvalue weighted by molar-refractivity contribution is 5.84. The van der Waals surface area contributed by atoms with Gasteiger partial charge in [-0.1, -0.05) is 0 Å². The number of halogens is 4. The molecule has 0 atom stereocenters. The minimum absolute atomic E-state index is 0.0463. The maximum Gasteiger partial charge on any atom is 0.573 e. The lowest BCUT2D eigenvalue weighted by molar-refractivity contribution is -0.274. The molecule has 0 amide bonds. The summed E-state index contributed by atoms with van der Waals surface area (Å²) in [4.78, 5) is 14.2. The Morgan fingerprint density at radius 3 is 2.41 bits per heavy atom. The maximum atomic E-state index is 14.4. The quantitative estimate of drug-likeness (QED) is 0.156. The molecule has 0 unspecified atom stereocenters. The zero-order chi connectivity index (χ0) is 30.8. The molecule has 2 aliphatic carbocycles. The predicted molar refractivity (Wildman–Crippen MR) is 157 cm³/mol. The fourth-order valence-electron chi connectivity index (χ4n) is 5.55. The number of anilines is 2. The van der Waals surface area contributed by atoms with Crippen LogP contribution in [0.4, 0.5) is 28.9 Å². The average molecular weight is 608 g/mol. The fourth-order valence-corrected chi connectivity index (χ4v) is 5.55. The van der Waals surface area contributed by atoms with Crippen LogP contribution in [0.25, 0.3) is 28.1 Å². The Morgan fingerprint density at radius 1 is 0.932 bits per heavy atom. The maximum absolute atomic E-state index is 14.4. The smallest absolute Gasteiger partial charge is 0.480 e. The van der Waals surface area contributed by atoms with Gasteiger partial charge in [0, 0.05) is 25.1 Å². The minimum Gasteiger partial charge on any atom is -0.480 e. The minimum atomic E-state index is -4.82. The third-order valence-corrected chi connectivity index (χ3v) is 7.61. The number of hydrogen-bond acceptors (Lipinski definition) is 7. The van der Waals surface area contributed by atoms with Crippen LogP contribution in [-0.2, 0) is 4.74 Å². The number of ether oxygens (including phenoxy) is 3. The third kappa shape index (κ3) is 6.30. The van der Waals surface area contributed by atoms with Crippen molar-refractivity contribution in [2.24, 2.45) is 4.99 Å². The number of rotatable bonds is 7. The molecular formula is C32H29F4N5O3. The second-order valence-electron chi connectivity index (χ2n) is 10.5. The van der Waals surface area contributed by atoms with E-state index in [0.29, 0.717) is 50.7 Å². The van der Waals surface area contributed by atoms with Crippen LogP contribution in [0.1, 0.15) is 25.7 Å². The number of hydrogen-bond donors (Lipinski definition) is 1. The van der Waals surface area contributed by atoms with Gasteiger partial charge < -0.3 is 24.1 Å². The first-order valence-corrected chi connectivity index (χ1v) is 14.1. The van der Waals surface area contributed by atoms with E-state index in [0.717, 1.165) is 25.7 Å². The molecular weight excluding hydrogens is 578 g/mol. The molecule has 0 radical (unpaired) electrons. The molecule has 44 heavy (non-hydrogen) atoms. The van der Waals surface area contributed by atoms with Gasteiger partial charge in [0.15, 0.2) is 0 Å². The van der Waals surface area contributed by atoms with Crippen molar-refractivity contribution in [2.75, 3.05) is 19.5 Å². The molecule has 2 aromatic carbocycles. The second-order valence-corrected chi connectivity index (χ2v) is 10.5. The van der Waals surface area contributed by atoms with Crippen LogP contribution in [0, 0.1) is 5.82 Å². The van der Waals surface area contributed by atoms with Gasteiger partial charge in [-0.3, -0.25) is 4.99 Å². The van der Waals surface area contributed by atoms with Crippen LogP contribution in [-0.4, -0.2) is 47.3 Å².